The average molecular weight is 601 g/mol. The predicted molar refractivity (Wildman–Crippen MR) is 161 cm³/mol. The molecule has 8 nitrogen and oxygen atoms in total. The summed E-state index contributed by atoms with van der Waals surface area (Å²) in [4.78, 5) is 49.8. The number of hydrogen-bond donors (Lipinski definition) is 0. The summed E-state index contributed by atoms with van der Waals surface area (Å²) in [6.45, 7) is 12.4. The molecule has 0 unspecified atom stereocenters. The molecule has 2 heterocycles. The second-order valence-corrected chi connectivity index (χ2v) is 23.3. The molecule has 6 rings (SSSR count). The van der Waals surface area contributed by atoms with Crippen molar-refractivity contribution >= 4 is 81.0 Å². The van der Waals surface area contributed by atoms with Gasteiger partial charge in [0, 0.05) is 10.8 Å². The Morgan fingerprint density at radius 2 is 0.829 bits per heavy atom. The second-order valence-electron chi connectivity index (χ2n) is 11.8. The van der Waals surface area contributed by atoms with Gasteiger partial charge in [-0.15, -0.1) is 0 Å². The van der Waals surface area contributed by atoms with Crippen molar-refractivity contribution in [2.75, 3.05) is 0 Å². The zero-order chi connectivity index (χ0) is 29.5. The van der Waals surface area contributed by atoms with E-state index in [0.717, 1.165) is 21.1 Å². The Bertz CT molecular complexity index is 1680. The number of rotatable bonds is 6. The SMILES string of the molecule is C[Si](C)(O[Si](C)(C)c1ccc2c3c(cccc13)C(=O)OC2=O)O[Si](C)(C)c1ccc2c3c(cccc13)C(=O)OC2=O. The Balaban J connectivity index is 1.37. The van der Waals surface area contributed by atoms with Gasteiger partial charge >= 0.3 is 32.4 Å². The Morgan fingerprint density at radius 3 is 1.20 bits per heavy atom. The van der Waals surface area contributed by atoms with E-state index in [2.05, 4.69) is 26.2 Å². The maximum absolute atomic E-state index is 12.4. The number of benzene rings is 4. The third kappa shape index (κ3) is 4.41. The third-order valence-corrected chi connectivity index (χ3v) is 19.1. The van der Waals surface area contributed by atoms with Crippen molar-refractivity contribution in [2.45, 2.75) is 39.3 Å². The quantitative estimate of drug-likeness (QED) is 0.175. The molecule has 0 fully saturated rings. The van der Waals surface area contributed by atoms with Crippen LogP contribution in [0.15, 0.2) is 60.7 Å². The second kappa shape index (κ2) is 9.13. The third-order valence-electron chi connectivity index (χ3n) is 7.63. The molecule has 0 amide bonds. The first-order valence-electron chi connectivity index (χ1n) is 13.3. The molecule has 0 aromatic heterocycles. The molecule has 2 aliphatic rings. The molecule has 41 heavy (non-hydrogen) atoms. The largest absolute Gasteiger partial charge is 0.433 e. The van der Waals surface area contributed by atoms with Gasteiger partial charge in [0.2, 0.25) is 16.6 Å². The smallest absolute Gasteiger partial charge is 0.346 e. The first-order valence-corrected chi connectivity index (χ1v) is 21.9. The van der Waals surface area contributed by atoms with Crippen LogP contribution in [0.5, 0.6) is 0 Å². The molecule has 0 saturated heterocycles. The number of carbonyl (C=O) groups is 4. The minimum Gasteiger partial charge on any atom is -0.433 e. The molecule has 11 heteroatoms. The monoisotopic (exact) mass is 600 g/mol. The van der Waals surface area contributed by atoms with Crippen LogP contribution in [-0.2, 0) is 17.7 Å². The predicted octanol–water partition coefficient (Wildman–Crippen LogP) is 4.87. The minimum atomic E-state index is -2.81. The summed E-state index contributed by atoms with van der Waals surface area (Å²) in [5.41, 5.74) is 1.48. The highest BCUT2D eigenvalue weighted by Gasteiger charge is 2.43. The Kier molecular flexibility index (Phi) is 6.10. The van der Waals surface area contributed by atoms with Gasteiger partial charge in [0.1, 0.15) is 0 Å². The summed E-state index contributed by atoms with van der Waals surface area (Å²) < 4.78 is 23.7. The summed E-state index contributed by atoms with van der Waals surface area (Å²) in [7, 11) is -8.12. The van der Waals surface area contributed by atoms with Crippen molar-refractivity contribution in [3.8, 4) is 0 Å². The zero-order valence-corrected chi connectivity index (χ0v) is 26.5. The first kappa shape index (κ1) is 27.4. The van der Waals surface area contributed by atoms with E-state index in [0.29, 0.717) is 33.0 Å². The van der Waals surface area contributed by atoms with Gasteiger partial charge < -0.3 is 17.7 Å². The van der Waals surface area contributed by atoms with Crippen LogP contribution in [-0.4, -0.2) is 49.1 Å². The average Bonchev–Trinajstić information content (AvgIpc) is 2.88. The van der Waals surface area contributed by atoms with Gasteiger partial charge in [0.15, 0.2) is 0 Å². The Hall–Kier alpha value is -3.75. The van der Waals surface area contributed by atoms with Crippen molar-refractivity contribution in [3.63, 3.8) is 0 Å². The van der Waals surface area contributed by atoms with Gasteiger partial charge in [-0.25, -0.2) is 19.2 Å². The molecule has 0 atom stereocenters. The Labute approximate surface area is 239 Å². The van der Waals surface area contributed by atoms with Crippen molar-refractivity contribution in [1.29, 1.82) is 0 Å². The highest BCUT2D eigenvalue weighted by atomic mass is 28.5. The van der Waals surface area contributed by atoms with Gasteiger partial charge in [-0.05, 0) is 84.7 Å². The molecule has 0 bridgehead atoms. The number of cyclic esters (lactones) is 4. The van der Waals surface area contributed by atoms with E-state index in [-0.39, 0.29) is 0 Å². The number of ether oxygens (including phenoxy) is 2. The van der Waals surface area contributed by atoms with E-state index in [4.69, 9.17) is 17.7 Å². The standard InChI is InChI=1S/C30H28O8Si3/c1-39(2,23-15-13-21-25-17(23)9-7-11-19(25)27(31)35-29(21)33)37-41(5,6)38-40(3,4)24-16-14-22-26-18(24)10-8-12-20(26)28(32)36-30(22)34/h7-16H,1-6H3. The van der Waals surface area contributed by atoms with Crippen molar-refractivity contribution < 1.29 is 36.9 Å². The van der Waals surface area contributed by atoms with E-state index < -0.39 is 49.1 Å². The fraction of sp³-hybridized carbons (Fsp3) is 0.200. The molecule has 0 N–H and O–H groups in total. The Morgan fingerprint density at radius 1 is 0.488 bits per heavy atom. The summed E-state index contributed by atoms with van der Waals surface area (Å²) >= 11 is 0. The highest BCUT2D eigenvalue weighted by molar-refractivity contribution is 6.97. The highest BCUT2D eigenvalue weighted by Crippen LogP contribution is 2.32. The lowest BCUT2D eigenvalue weighted by molar-refractivity contribution is 0.0373. The molecule has 4 aromatic rings. The van der Waals surface area contributed by atoms with Gasteiger partial charge in [0.25, 0.3) is 0 Å². The van der Waals surface area contributed by atoms with Crippen LogP contribution in [0, 0.1) is 0 Å². The number of esters is 4. The molecule has 0 saturated carbocycles. The molecule has 0 spiro atoms. The van der Waals surface area contributed by atoms with Gasteiger partial charge in [-0.2, -0.15) is 0 Å². The van der Waals surface area contributed by atoms with Crippen LogP contribution in [0.3, 0.4) is 0 Å². The maximum atomic E-state index is 12.4. The van der Waals surface area contributed by atoms with E-state index >= 15 is 0 Å². The summed E-state index contributed by atoms with van der Waals surface area (Å²) in [5, 5.41) is 4.74. The lowest BCUT2D eigenvalue weighted by Crippen LogP contribution is -2.60. The molecule has 2 aliphatic heterocycles. The van der Waals surface area contributed by atoms with E-state index in [1.54, 1.807) is 36.4 Å². The maximum Gasteiger partial charge on any atom is 0.346 e. The summed E-state index contributed by atoms with van der Waals surface area (Å²) in [6, 6.07) is 18.0. The fourth-order valence-corrected chi connectivity index (χ4v) is 20.2. The number of hydrogen-bond acceptors (Lipinski definition) is 8. The van der Waals surface area contributed by atoms with Crippen molar-refractivity contribution in [3.05, 3.63) is 82.9 Å². The lowest BCUT2D eigenvalue weighted by Gasteiger charge is -2.39. The van der Waals surface area contributed by atoms with Gasteiger partial charge in [-0.3, -0.25) is 0 Å². The van der Waals surface area contributed by atoms with Crippen molar-refractivity contribution in [1.82, 2.24) is 0 Å². The van der Waals surface area contributed by atoms with Crippen LogP contribution in [0.1, 0.15) is 41.4 Å². The van der Waals surface area contributed by atoms with Crippen LogP contribution < -0.4 is 10.4 Å². The topological polar surface area (TPSA) is 105 Å². The van der Waals surface area contributed by atoms with Gasteiger partial charge in [0.05, 0.1) is 22.3 Å². The zero-order valence-electron chi connectivity index (χ0n) is 23.5. The molecule has 0 aliphatic carbocycles. The minimum absolute atomic E-state index is 0.371. The van der Waals surface area contributed by atoms with E-state index in [1.165, 1.54) is 0 Å². The fourth-order valence-electron chi connectivity index (χ4n) is 6.29. The molecular formula is C30H28O8Si3. The summed E-state index contributed by atoms with van der Waals surface area (Å²) in [6.07, 6.45) is 0. The van der Waals surface area contributed by atoms with E-state index in [9.17, 15) is 19.2 Å². The molecule has 4 aromatic carbocycles. The van der Waals surface area contributed by atoms with Gasteiger partial charge in [-0.1, -0.05) is 36.4 Å². The summed E-state index contributed by atoms with van der Waals surface area (Å²) in [5.74, 6) is -2.58. The normalized spacial score (nSPS) is 15.4. The van der Waals surface area contributed by atoms with E-state index in [1.807, 2.05) is 37.4 Å². The molecular weight excluding hydrogens is 573 g/mol. The first-order chi connectivity index (χ1) is 19.2. The molecule has 0 radical (unpaired) electrons. The van der Waals surface area contributed by atoms with Crippen LogP contribution in [0.25, 0.3) is 21.5 Å². The molecule has 208 valence electrons. The van der Waals surface area contributed by atoms with Crippen LogP contribution >= 0.6 is 0 Å². The van der Waals surface area contributed by atoms with Crippen molar-refractivity contribution in [2.24, 2.45) is 0 Å². The van der Waals surface area contributed by atoms with Crippen LogP contribution in [0.4, 0.5) is 0 Å². The number of carbonyl (C=O) groups excluding carboxylic acids is 4. The lowest BCUT2D eigenvalue weighted by atomic mass is 9.97. The van der Waals surface area contributed by atoms with Crippen LogP contribution in [0.2, 0.25) is 39.3 Å².